The van der Waals surface area contributed by atoms with Crippen LogP contribution in [0.4, 0.5) is 15.8 Å². The third-order valence-corrected chi connectivity index (χ3v) is 13.5. The van der Waals surface area contributed by atoms with Gasteiger partial charge < -0.3 is 19.6 Å². The fraction of sp³-hybridized carbons (Fsp3) is 0.500. The molecule has 2 N–H and O–H groups in total. The smallest absolute Gasteiger partial charge is 0.262 e. The molecule has 1 aliphatic carbocycles. The quantitative estimate of drug-likeness (QED) is 0.317. The molecule has 4 fully saturated rings. The Hall–Kier alpha value is -4.81. The van der Waals surface area contributed by atoms with Gasteiger partial charge in [-0.2, -0.15) is 0 Å². The maximum Gasteiger partial charge on any atom is 0.262 e. The number of aryl methyl sites for hydroxylation is 1. The number of phenolic OH excluding ortho intramolecular Hbond substituents is 1. The zero-order valence-corrected chi connectivity index (χ0v) is 31.8. The second-order valence-corrected chi connectivity index (χ2v) is 16.6. The van der Waals surface area contributed by atoms with Gasteiger partial charge in [-0.15, -0.1) is 0 Å². The molecule has 12 heteroatoms. The van der Waals surface area contributed by atoms with Gasteiger partial charge in [0.25, 0.3) is 11.8 Å². The summed E-state index contributed by atoms with van der Waals surface area (Å²) in [5, 5.41) is 12.5. The molecule has 3 aromatic rings. The molecule has 0 spiro atoms. The molecule has 4 amide bonds. The third-order valence-electron chi connectivity index (χ3n) is 13.5. The Morgan fingerprint density at radius 2 is 1.52 bits per heavy atom. The first kappa shape index (κ1) is 36.8. The second kappa shape index (κ2) is 15.3. The van der Waals surface area contributed by atoms with Crippen LogP contribution in [0.15, 0.2) is 54.6 Å². The first-order chi connectivity index (χ1) is 27.2. The number of amides is 4. The minimum atomic E-state index is -0.976. The van der Waals surface area contributed by atoms with E-state index in [1.165, 1.54) is 11.1 Å². The minimum absolute atomic E-state index is 0.0907. The molecule has 3 aromatic carbocycles. The van der Waals surface area contributed by atoms with E-state index in [9.17, 15) is 24.3 Å². The number of rotatable bonds is 7. The van der Waals surface area contributed by atoms with Crippen LogP contribution in [0.3, 0.4) is 0 Å². The molecule has 3 atom stereocenters. The summed E-state index contributed by atoms with van der Waals surface area (Å²) in [6.45, 7) is 7.52. The van der Waals surface area contributed by atoms with E-state index in [4.69, 9.17) is 4.74 Å². The van der Waals surface area contributed by atoms with Crippen molar-refractivity contribution < 1.29 is 33.4 Å². The van der Waals surface area contributed by atoms with Crippen molar-refractivity contribution >= 4 is 35.0 Å². The summed E-state index contributed by atoms with van der Waals surface area (Å²) in [6, 6.07) is 16.0. The third kappa shape index (κ3) is 6.95. The maximum atomic E-state index is 16.1. The Morgan fingerprint density at radius 1 is 0.750 bits per heavy atom. The summed E-state index contributed by atoms with van der Waals surface area (Å²) in [7, 11) is 0. The number of piperidine rings is 2. The zero-order valence-electron chi connectivity index (χ0n) is 31.8. The number of nitrogens with one attached hydrogen (secondary N) is 1. The van der Waals surface area contributed by atoms with E-state index in [0.717, 1.165) is 114 Å². The summed E-state index contributed by atoms with van der Waals surface area (Å²) >= 11 is 0. The number of benzene rings is 3. The van der Waals surface area contributed by atoms with E-state index < -0.39 is 29.7 Å². The van der Waals surface area contributed by atoms with Crippen molar-refractivity contribution in [2.75, 3.05) is 68.8 Å². The van der Waals surface area contributed by atoms with Crippen LogP contribution in [0.25, 0.3) is 0 Å². The van der Waals surface area contributed by atoms with Crippen LogP contribution in [0.5, 0.6) is 5.75 Å². The summed E-state index contributed by atoms with van der Waals surface area (Å²) in [4.78, 5) is 58.5. The standard InChI is InChI=1S/C44H50FN5O6/c45-37-24-30(41-33(28-13-21-56-22-14-28)5-1-29-23-32(51)4-7-34(29)41)2-8-38(37)49-15-11-27(12-16-49)26-47-17-19-48(20-18-47)31-3-6-35-36(25-31)44(55)50(43(35)54)39-9-10-40(52)46-42(39)53/h2-4,6-8,23-25,27-28,33,39,41,51H,1,5,9-22,26H2,(H,46,52,53)/t33-,39?,41+/m1/s1. The van der Waals surface area contributed by atoms with Crippen LogP contribution in [0, 0.1) is 23.6 Å². The number of carbonyl (C=O) groups excluding carboxylic acids is 4. The molecular formula is C44H50FN5O6. The Labute approximate surface area is 326 Å². The number of carbonyl (C=O) groups is 4. The van der Waals surface area contributed by atoms with Crippen molar-refractivity contribution in [3.05, 3.63) is 88.2 Å². The van der Waals surface area contributed by atoms with Crippen molar-refractivity contribution in [1.82, 2.24) is 15.1 Å². The van der Waals surface area contributed by atoms with E-state index in [1.54, 1.807) is 24.3 Å². The highest BCUT2D eigenvalue weighted by molar-refractivity contribution is 6.23. The van der Waals surface area contributed by atoms with Gasteiger partial charge in [-0.1, -0.05) is 12.1 Å². The highest BCUT2D eigenvalue weighted by Gasteiger charge is 2.45. The van der Waals surface area contributed by atoms with Gasteiger partial charge in [0.05, 0.1) is 16.8 Å². The molecule has 5 aliphatic heterocycles. The van der Waals surface area contributed by atoms with Crippen molar-refractivity contribution in [3.63, 3.8) is 0 Å². The first-order valence-electron chi connectivity index (χ1n) is 20.5. The van der Waals surface area contributed by atoms with Crippen LogP contribution >= 0.6 is 0 Å². The average Bonchev–Trinajstić information content (AvgIpc) is 3.46. The number of anilines is 2. The summed E-state index contributed by atoms with van der Waals surface area (Å²) in [6.07, 6.45) is 6.25. The molecule has 1 unspecified atom stereocenters. The van der Waals surface area contributed by atoms with Gasteiger partial charge in [-0.25, -0.2) is 4.39 Å². The summed E-state index contributed by atoms with van der Waals surface area (Å²) in [5.74, 6) is -0.270. The lowest BCUT2D eigenvalue weighted by atomic mass is 9.65. The second-order valence-electron chi connectivity index (χ2n) is 16.6. The number of hydrogen-bond acceptors (Lipinski definition) is 9. The number of nitrogens with zero attached hydrogens (tertiary/aromatic N) is 4. The molecule has 0 bridgehead atoms. The van der Waals surface area contributed by atoms with Gasteiger partial charge in [-0.05, 0) is 122 Å². The molecule has 56 heavy (non-hydrogen) atoms. The lowest BCUT2D eigenvalue weighted by molar-refractivity contribution is -0.136. The van der Waals surface area contributed by atoms with E-state index in [-0.39, 0.29) is 30.3 Å². The normalized spacial score (nSPS) is 25.4. The van der Waals surface area contributed by atoms with Gasteiger partial charge in [0, 0.05) is 77.1 Å². The molecule has 9 rings (SSSR count). The van der Waals surface area contributed by atoms with E-state index in [1.807, 2.05) is 18.2 Å². The number of hydrogen-bond donors (Lipinski definition) is 2. The summed E-state index contributed by atoms with van der Waals surface area (Å²) < 4.78 is 21.8. The Bertz CT molecular complexity index is 2040. The van der Waals surface area contributed by atoms with Crippen LogP contribution in [0.2, 0.25) is 0 Å². The molecule has 5 heterocycles. The number of phenols is 1. The minimum Gasteiger partial charge on any atom is -0.508 e. The number of ether oxygens (including phenoxy) is 1. The number of aromatic hydroxyl groups is 1. The Morgan fingerprint density at radius 3 is 2.27 bits per heavy atom. The highest BCUT2D eigenvalue weighted by Crippen LogP contribution is 2.48. The van der Waals surface area contributed by atoms with E-state index in [0.29, 0.717) is 34.6 Å². The molecule has 0 aromatic heterocycles. The Kier molecular flexibility index (Phi) is 10.0. The topological polar surface area (TPSA) is 123 Å². The van der Waals surface area contributed by atoms with Crippen molar-refractivity contribution in [1.29, 1.82) is 0 Å². The lowest BCUT2D eigenvalue weighted by Crippen LogP contribution is -2.54. The first-order valence-corrected chi connectivity index (χ1v) is 20.5. The maximum absolute atomic E-state index is 16.1. The van der Waals surface area contributed by atoms with Crippen LogP contribution in [-0.4, -0.2) is 104 Å². The molecule has 0 radical (unpaired) electrons. The van der Waals surface area contributed by atoms with E-state index >= 15 is 4.39 Å². The fourth-order valence-electron chi connectivity index (χ4n) is 10.4. The van der Waals surface area contributed by atoms with Crippen molar-refractivity contribution in [3.8, 4) is 5.75 Å². The van der Waals surface area contributed by atoms with Gasteiger partial charge in [0.15, 0.2) is 0 Å². The molecular weight excluding hydrogens is 714 g/mol. The van der Waals surface area contributed by atoms with Gasteiger partial charge in [0.2, 0.25) is 11.8 Å². The average molecular weight is 764 g/mol. The number of piperazine rings is 1. The van der Waals surface area contributed by atoms with Crippen molar-refractivity contribution in [2.24, 2.45) is 17.8 Å². The number of halogens is 1. The largest absolute Gasteiger partial charge is 0.508 e. The van der Waals surface area contributed by atoms with Crippen molar-refractivity contribution in [2.45, 2.75) is 63.3 Å². The van der Waals surface area contributed by atoms with Crippen LogP contribution in [0.1, 0.15) is 88.3 Å². The predicted molar refractivity (Wildman–Crippen MR) is 208 cm³/mol. The van der Waals surface area contributed by atoms with E-state index in [2.05, 4.69) is 32.1 Å². The molecule has 0 saturated carbocycles. The monoisotopic (exact) mass is 763 g/mol. The molecule has 11 nitrogen and oxygen atoms in total. The van der Waals surface area contributed by atoms with Gasteiger partial charge >= 0.3 is 0 Å². The lowest BCUT2D eigenvalue weighted by Gasteiger charge is -2.41. The number of fused-ring (bicyclic) bond motifs is 2. The summed E-state index contributed by atoms with van der Waals surface area (Å²) in [5.41, 5.74) is 5.57. The predicted octanol–water partition coefficient (Wildman–Crippen LogP) is 5.09. The fourth-order valence-corrected chi connectivity index (χ4v) is 10.4. The van der Waals surface area contributed by atoms with Crippen LogP contribution in [-0.2, 0) is 20.7 Å². The Balaban J connectivity index is 0.795. The van der Waals surface area contributed by atoms with Crippen LogP contribution < -0.4 is 15.1 Å². The highest BCUT2D eigenvalue weighted by atomic mass is 19.1. The zero-order chi connectivity index (χ0) is 38.5. The molecule has 4 saturated heterocycles. The van der Waals surface area contributed by atoms with Gasteiger partial charge in [0.1, 0.15) is 17.6 Å². The number of imide groups is 2. The molecule has 6 aliphatic rings. The SMILES string of the molecule is O=C1CCC(N2C(=O)c3ccc(N4CCN(CC5CCN(c6ccc([C@@H]7c8ccc(O)cc8CC[C@@H]7C7CCOCC7)cc6F)CC5)CC4)cc3C2=O)C(=O)N1. The van der Waals surface area contributed by atoms with Gasteiger partial charge in [-0.3, -0.25) is 34.3 Å². The molecule has 294 valence electrons.